The van der Waals surface area contributed by atoms with E-state index in [-0.39, 0.29) is 17.6 Å². The number of nitrogens with zero attached hydrogens (tertiary/aromatic N) is 4. The third kappa shape index (κ3) is 6.08. The molecule has 0 spiro atoms. The topological polar surface area (TPSA) is 95.7 Å². The highest BCUT2D eigenvalue weighted by Gasteiger charge is 2.38. The predicted molar refractivity (Wildman–Crippen MR) is 106 cm³/mol. The van der Waals surface area contributed by atoms with E-state index in [2.05, 4.69) is 9.55 Å². The molecule has 2 amide bonds. The van der Waals surface area contributed by atoms with E-state index in [9.17, 15) is 27.2 Å². The van der Waals surface area contributed by atoms with Gasteiger partial charge in [-0.2, -0.15) is 13.2 Å². The second-order valence-corrected chi connectivity index (χ2v) is 7.64. The molecule has 0 saturated carbocycles. The first-order valence-corrected chi connectivity index (χ1v) is 10.2. The van der Waals surface area contributed by atoms with E-state index < -0.39 is 12.1 Å². The Morgan fingerprint density at radius 3 is 2.30 bits per heavy atom. The number of aliphatic carboxylic acids is 1. The van der Waals surface area contributed by atoms with Crippen molar-refractivity contribution in [2.24, 2.45) is 0 Å². The number of halogens is 4. The summed E-state index contributed by atoms with van der Waals surface area (Å²) in [5, 5.41) is 7.12. The van der Waals surface area contributed by atoms with E-state index in [0.717, 1.165) is 37.3 Å². The third-order valence-corrected chi connectivity index (χ3v) is 5.33. The van der Waals surface area contributed by atoms with Crippen LogP contribution in [0.15, 0.2) is 30.6 Å². The van der Waals surface area contributed by atoms with E-state index in [1.165, 1.54) is 24.3 Å². The summed E-state index contributed by atoms with van der Waals surface area (Å²) < 4.78 is 46.9. The number of hydrogen-bond acceptors (Lipinski definition) is 4. The molecule has 0 bridgehead atoms. The maximum atomic E-state index is 13.1. The predicted octanol–water partition coefficient (Wildman–Crippen LogP) is 2.82. The van der Waals surface area contributed by atoms with Crippen LogP contribution in [0.3, 0.4) is 0 Å². The van der Waals surface area contributed by atoms with Crippen LogP contribution >= 0.6 is 0 Å². The number of amides is 2. The van der Waals surface area contributed by atoms with Crippen molar-refractivity contribution >= 4 is 17.8 Å². The molecule has 2 aliphatic heterocycles. The fraction of sp³-hybridized carbons (Fsp3) is 0.429. The summed E-state index contributed by atoms with van der Waals surface area (Å²) in [6.07, 6.45) is -0.954. The molecule has 0 radical (unpaired) electrons. The van der Waals surface area contributed by atoms with Gasteiger partial charge >= 0.3 is 12.1 Å². The Kier molecular flexibility index (Phi) is 7.34. The second kappa shape index (κ2) is 10.0. The Labute approximate surface area is 186 Å². The van der Waals surface area contributed by atoms with E-state index in [1.807, 2.05) is 4.90 Å². The van der Waals surface area contributed by atoms with Gasteiger partial charge in [0.25, 0.3) is 5.91 Å². The molecule has 1 aromatic heterocycles. The minimum absolute atomic E-state index is 0.108. The number of imidazole rings is 1. The monoisotopic (exact) mass is 470 g/mol. The van der Waals surface area contributed by atoms with Crippen LogP contribution in [-0.4, -0.2) is 61.5 Å². The Bertz CT molecular complexity index is 1020. The van der Waals surface area contributed by atoms with Crippen LogP contribution in [-0.2, 0) is 29.2 Å². The summed E-state index contributed by atoms with van der Waals surface area (Å²) in [6.45, 7) is 3.15. The maximum absolute atomic E-state index is 13.1. The molecule has 1 N–H and O–H groups in total. The number of fused-ring (bicyclic) bond motifs is 1. The molecule has 2 aromatic rings. The van der Waals surface area contributed by atoms with Crippen molar-refractivity contribution in [2.75, 3.05) is 13.1 Å². The van der Waals surface area contributed by atoms with Crippen molar-refractivity contribution < 1.29 is 37.1 Å². The molecule has 8 nitrogen and oxygen atoms in total. The SMILES string of the molecule is O=C(O)C(F)(F)F.O=C1CCCN1Cc1ncn2c1CN(C(=O)c1ccc(F)cc1)CCC2. The minimum Gasteiger partial charge on any atom is -0.475 e. The first-order chi connectivity index (χ1) is 15.6. The third-order valence-electron chi connectivity index (χ3n) is 5.33. The molecular weight excluding hydrogens is 448 g/mol. The molecule has 4 rings (SSSR count). The molecule has 178 valence electrons. The summed E-state index contributed by atoms with van der Waals surface area (Å²) >= 11 is 0. The number of rotatable bonds is 3. The average Bonchev–Trinajstić information content (AvgIpc) is 3.26. The fourth-order valence-electron chi connectivity index (χ4n) is 3.65. The number of alkyl halides is 3. The number of carboxylic acids is 1. The van der Waals surface area contributed by atoms with Crippen LogP contribution in [0.2, 0.25) is 0 Å². The van der Waals surface area contributed by atoms with E-state index in [4.69, 9.17) is 9.90 Å². The number of carboxylic acid groups (broad SMARTS) is 1. The van der Waals surface area contributed by atoms with Gasteiger partial charge in [0, 0.05) is 31.6 Å². The van der Waals surface area contributed by atoms with Crippen LogP contribution in [0.1, 0.15) is 41.0 Å². The Morgan fingerprint density at radius 1 is 1.06 bits per heavy atom. The molecule has 1 saturated heterocycles. The molecule has 2 aliphatic rings. The summed E-state index contributed by atoms with van der Waals surface area (Å²) in [7, 11) is 0. The average molecular weight is 470 g/mol. The standard InChI is InChI=1S/C19H21FN4O2.C2HF3O2/c20-15-6-4-14(5-7-15)19(26)23-9-2-10-24-13-21-16(17(24)12-23)11-22-8-1-3-18(22)25;3-2(4,5)1(6)7/h4-7,13H,1-3,8-12H2;(H,6,7). The number of aryl methyl sites for hydroxylation is 1. The van der Waals surface area contributed by atoms with Gasteiger partial charge in [0.1, 0.15) is 5.82 Å². The molecule has 3 heterocycles. The van der Waals surface area contributed by atoms with Gasteiger partial charge in [-0.1, -0.05) is 0 Å². The Balaban J connectivity index is 0.000000383. The lowest BCUT2D eigenvalue weighted by Gasteiger charge is -2.21. The van der Waals surface area contributed by atoms with Crippen LogP contribution in [0, 0.1) is 5.82 Å². The largest absolute Gasteiger partial charge is 0.490 e. The van der Waals surface area contributed by atoms with Gasteiger partial charge < -0.3 is 19.5 Å². The second-order valence-electron chi connectivity index (χ2n) is 7.64. The van der Waals surface area contributed by atoms with E-state index in [0.29, 0.717) is 31.6 Å². The highest BCUT2D eigenvalue weighted by atomic mass is 19.4. The Morgan fingerprint density at radius 2 is 1.73 bits per heavy atom. The van der Waals surface area contributed by atoms with Gasteiger partial charge in [-0.15, -0.1) is 0 Å². The minimum atomic E-state index is -5.08. The number of aromatic nitrogens is 2. The number of benzene rings is 1. The van der Waals surface area contributed by atoms with Crippen LogP contribution in [0.5, 0.6) is 0 Å². The van der Waals surface area contributed by atoms with Crippen molar-refractivity contribution in [3.63, 3.8) is 0 Å². The fourth-order valence-corrected chi connectivity index (χ4v) is 3.65. The van der Waals surface area contributed by atoms with E-state index >= 15 is 0 Å². The molecular formula is C21H22F4N4O4. The van der Waals surface area contributed by atoms with Crippen LogP contribution in [0.25, 0.3) is 0 Å². The lowest BCUT2D eigenvalue weighted by Crippen LogP contribution is -2.31. The number of hydrogen-bond donors (Lipinski definition) is 1. The summed E-state index contributed by atoms with van der Waals surface area (Å²) in [5.74, 6) is -3.05. The number of carbonyl (C=O) groups excluding carboxylic acids is 2. The molecule has 1 aromatic carbocycles. The highest BCUT2D eigenvalue weighted by Crippen LogP contribution is 2.21. The van der Waals surface area contributed by atoms with Gasteiger partial charge in [0.15, 0.2) is 0 Å². The van der Waals surface area contributed by atoms with Gasteiger partial charge in [-0.25, -0.2) is 14.2 Å². The van der Waals surface area contributed by atoms with E-state index in [1.54, 1.807) is 11.2 Å². The summed E-state index contributed by atoms with van der Waals surface area (Å²) in [4.78, 5) is 41.7. The highest BCUT2D eigenvalue weighted by molar-refractivity contribution is 5.94. The number of carbonyl (C=O) groups is 3. The normalized spacial score (nSPS) is 16.1. The molecule has 1 fully saturated rings. The van der Waals surface area contributed by atoms with Crippen molar-refractivity contribution in [1.29, 1.82) is 0 Å². The van der Waals surface area contributed by atoms with Crippen molar-refractivity contribution in [3.05, 3.63) is 53.4 Å². The van der Waals surface area contributed by atoms with Crippen LogP contribution in [0.4, 0.5) is 17.6 Å². The van der Waals surface area contributed by atoms with Gasteiger partial charge in [0.05, 0.1) is 30.8 Å². The molecule has 33 heavy (non-hydrogen) atoms. The van der Waals surface area contributed by atoms with Gasteiger partial charge in [-0.05, 0) is 37.1 Å². The Hall–Kier alpha value is -3.44. The molecule has 0 atom stereocenters. The zero-order valence-electron chi connectivity index (χ0n) is 17.5. The first kappa shape index (κ1) is 24.2. The molecule has 12 heteroatoms. The van der Waals surface area contributed by atoms with Crippen molar-refractivity contribution in [1.82, 2.24) is 19.4 Å². The van der Waals surface area contributed by atoms with Crippen LogP contribution < -0.4 is 0 Å². The van der Waals surface area contributed by atoms with Gasteiger partial charge in [-0.3, -0.25) is 9.59 Å². The molecule has 0 unspecified atom stereocenters. The van der Waals surface area contributed by atoms with Crippen molar-refractivity contribution in [3.8, 4) is 0 Å². The lowest BCUT2D eigenvalue weighted by molar-refractivity contribution is -0.192. The lowest BCUT2D eigenvalue weighted by atomic mass is 10.2. The zero-order chi connectivity index (χ0) is 24.2. The molecule has 0 aliphatic carbocycles. The smallest absolute Gasteiger partial charge is 0.475 e. The quantitative estimate of drug-likeness (QED) is 0.697. The number of likely N-dealkylation sites (tertiary alicyclic amines) is 1. The maximum Gasteiger partial charge on any atom is 0.490 e. The summed E-state index contributed by atoms with van der Waals surface area (Å²) in [5.41, 5.74) is 2.33. The summed E-state index contributed by atoms with van der Waals surface area (Å²) in [6, 6.07) is 5.65. The zero-order valence-corrected chi connectivity index (χ0v) is 17.5. The first-order valence-electron chi connectivity index (χ1n) is 10.2. The van der Waals surface area contributed by atoms with Crippen molar-refractivity contribution in [2.45, 2.75) is 45.1 Å². The van der Waals surface area contributed by atoms with Gasteiger partial charge in [0.2, 0.25) is 5.91 Å².